The van der Waals surface area contributed by atoms with Crippen LogP contribution in [-0.2, 0) is 0 Å². The van der Waals surface area contributed by atoms with Gasteiger partial charge in [-0.3, -0.25) is 14.9 Å². The molecule has 2 heterocycles. The zero-order valence-corrected chi connectivity index (χ0v) is 13.6. The Labute approximate surface area is 139 Å². The van der Waals surface area contributed by atoms with Crippen LogP contribution >= 0.6 is 0 Å². The van der Waals surface area contributed by atoms with Crippen LogP contribution in [0.2, 0.25) is 0 Å². The molecule has 0 unspecified atom stereocenters. The molecule has 0 fully saturated rings. The Bertz CT molecular complexity index is 1030. The molecule has 0 saturated heterocycles. The second-order valence-electron chi connectivity index (χ2n) is 6.00. The summed E-state index contributed by atoms with van der Waals surface area (Å²) in [6.07, 6.45) is 3.72. The Morgan fingerprint density at radius 1 is 1.04 bits per heavy atom. The Morgan fingerprint density at radius 3 is 2.58 bits per heavy atom. The monoisotopic (exact) mass is 315 g/mol. The zero-order chi connectivity index (χ0) is 16.7. The summed E-state index contributed by atoms with van der Waals surface area (Å²) < 4.78 is 1.58. The molecule has 0 aliphatic carbocycles. The SMILES string of the molecule is Cc1ccc(-n2[nH]c(C)c(/C=C3\C=Nc4ccccc43)c2=O)cc1. The number of aromatic nitrogens is 2. The van der Waals surface area contributed by atoms with E-state index in [9.17, 15) is 4.79 Å². The Kier molecular flexibility index (Phi) is 3.31. The molecular formula is C20H17N3O. The van der Waals surface area contributed by atoms with Crippen molar-refractivity contribution in [3.63, 3.8) is 0 Å². The van der Waals surface area contributed by atoms with Gasteiger partial charge in [0.2, 0.25) is 0 Å². The number of para-hydroxylation sites is 1. The van der Waals surface area contributed by atoms with Crippen molar-refractivity contribution in [2.24, 2.45) is 4.99 Å². The molecule has 0 amide bonds. The number of hydrogen-bond donors (Lipinski definition) is 1. The first-order valence-corrected chi connectivity index (χ1v) is 7.87. The maximum atomic E-state index is 12.8. The fourth-order valence-electron chi connectivity index (χ4n) is 2.91. The lowest BCUT2D eigenvalue weighted by atomic mass is 10.0. The molecule has 118 valence electrons. The van der Waals surface area contributed by atoms with Gasteiger partial charge in [0.05, 0.1) is 16.9 Å². The highest BCUT2D eigenvalue weighted by atomic mass is 16.1. The lowest BCUT2D eigenvalue weighted by molar-refractivity contribution is 0.835. The fraction of sp³-hybridized carbons (Fsp3) is 0.100. The summed E-state index contributed by atoms with van der Waals surface area (Å²) in [7, 11) is 0. The van der Waals surface area contributed by atoms with E-state index in [4.69, 9.17) is 0 Å². The van der Waals surface area contributed by atoms with E-state index in [0.29, 0.717) is 5.56 Å². The van der Waals surface area contributed by atoms with Gasteiger partial charge in [0, 0.05) is 23.0 Å². The number of aromatic amines is 1. The number of nitrogens with zero attached hydrogens (tertiary/aromatic N) is 2. The molecule has 0 bridgehead atoms. The van der Waals surface area contributed by atoms with Gasteiger partial charge in [0.25, 0.3) is 5.56 Å². The molecule has 0 spiro atoms. The van der Waals surface area contributed by atoms with Crippen LogP contribution in [0.25, 0.3) is 17.3 Å². The number of hydrogen-bond acceptors (Lipinski definition) is 2. The number of aryl methyl sites for hydroxylation is 2. The minimum atomic E-state index is -0.0540. The maximum Gasteiger partial charge on any atom is 0.278 e. The minimum Gasteiger partial charge on any atom is -0.295 e. The summed E-state index contributed by atoms with van der Waals surface area (Å²) in [6, 6.07) is 15.8. The first kappa shape index (κ1) is 14.5. The number of nitrogens with one attached hydrogen (secondary N) is 1. The Balaban J connectivity index is 1.81. The van der Waals surface area contributed by atoms with Crippen molar-refractivity contribution in [3.8, 4) is 5.69 Å². The highest BCUT2D eigenvalue weighted by molar-refractivity contribution is 6.21. The molecule has 3 aromatic rings. The van der Waals surface area contributed by atoms with E-state index in [1.807, 2.05) is 74.7 Å². The van der Waals surface area contributed by atoms with Crippen molar-refractivity contribution in [1.82, 2.24) is 9.78 Å². The van der Waals surface area contributed by atoms with Gasteiger partial charge in [0.1, 0.15) is 0 Å². The largest absolute Gasteiger partial charge is 0.295 e. The summed E-state index contributed by atoms with van der Waals surface area (Å²) in [5, 5.41) is 3.16. The van der Waals surface area contributed by atoms with E-state index in [1.165, 1.54) is 0 Å². The van der Waals surface area contributed by atoms with Gasteiger partial charge in [-0.2, -0.15) is 0 Å². The van der Waals surface area contributed by atoms with Gasteiger partial charge >= 0.3 is 0 Å². The third-order valence-corrected chi connectivity index (χ3v) is 4.27. The highest BCUT2D eigenvalue weighted by Crippen LogP contribution is 2.32. The number of H-pyrrole nitrogens is 1. The van der Waals surface area contributed by atoms with Crippen LogP contribution in [0, 0.1) is 13.8 Å². The molecule has 0 saturated carbocycles. The van der Waals surface area contributed by atoms with Crippen molar-refractivity contribution >= 4 is 23.6 Å². The molecule has 0 atom stereocenters. The van der Waals surface area contributed by atoms with Crippen LogP contribution in [-0.4, -0.2) is 16.0 Å². The molecule has 2 aromatic carbocycles. The van der Waals surface area contributed by atoms with E-state index in [1.54, 1.807) is 4.68 Å². The smallest absolute Gasteiger partial charge is 0.278 e. The molecule has 4 rings (SSSR count). The number of rotatable bonds is 2. The van der Waals surface area contributed by atoms with E-state index in [0.717, 1.165) is 33.8 Å². The molecule has 1 N–H and O–H groups in total. The van der Waals surface area contributed by atoms with Crippen LogP contribution in [0.3, 0.4) is 0 Å². The van der Waals surface area contributed by atoms with Crippen molar-refractivity contribution in [2.45, 2.75) is 13.8 Å². The zero-order valence-electron chi connectivity index (χ0n) is 13.6. The minimum absolute atomic E-state index is 0.0540. The van der Waals surface area contributed by atoms with Crippen LogP contribution in [0.5, 0.6) is 0 Å². The standard InChI is InChI=1S/C20H17N3O/c1-13-7-9-16(10-8-13)23-20(24)18(14(2)22-23)11-15-12-21-19-6-4-3-5-17(15)19/h3-12,22H,1-2H3/b15-11+. The summed E-state index contributed by atoms with van der Waals surface area (Å²) in [5.41, 5.74) is 6.40. The molecule has 1 aliphatic heterocycles. The van der Waals surface area contributed by atoms with Gasteiger partial charge in [-0.25, -0.2) is 4.68 Å². The van der Waals surface area contributed by atoms with Gasteiger partial charge in [-0.15, -0.1) is 0 Å². The predicted molar refractivity (Wildman–Crippen MR) is 98.3 cm³/mol. The number of aliphatic imine (C=N–C) groups is 1. The molecule has 4 nitrogen and oxygen atoms in total. The van der Waals surface area contributed by atoms with Crippen molar-refractivity contribution in [3.05, 3.63) is 81.3 Å². The van der Waals surface area contributed by atoms with E-state index in [-0.39, 0.29) is 5.56 Å². The molecule has 0 radical (unpaired) electrons. The molecule has 4 heteroatoms. The first-order chi connectivity index (χ1) is 11.6. The third kappa shape index (κ3) is 2.33. The molecule has 24 heavy (non-hydrogen) atoms. The van der Waals surface area contributed by atoms with Crippen LogP contribution < -0.4 is 5.56 Å². The van der Waals surface area contributed by atoms with Gasteiger partial charge in [0.15, 0.2) is 0 Å². The van der Waals surface area contributed by atoms with Crippen LogP contribution in [0.15, 0.2) is 58.3 Å². The number of allylic oxidation sites excluding steroid dienone is 1. The average Bonchev–Trinajstić information content (AvgIpc) is 3.12. The highest BCUT2D eigenvalue weighted by Gasteiger charge is 2.15. The van der Waals surface area contributed by atoms with Crippen molar-refractivity contribution < 1.29 is 0 Å². The quantitative estimate of drug-likeness (QED) is 0.762. The molecule has 1 aromatic heterocycles. The second-order valence-corrected chi connectivity index (χ2v) is 6.00. The number of fused-ring (bicyclic) bond motifs is 1. The Morgan fingerprint density at radius 2 is 1.79 bits per heavy atom. The van der Waals surface area contributed by atoms with Gasteiger partial charge in [-0.1, -0.05) is 35.9 Å². The van der Waals surface area contributed by atoms with E-state index in [2.05, 4.69) is 10.1 Å². The second kappa shape index (κ2) is 5.49. The van der Waals surface area contributed by atoms with Crippen molar-refractivity contribution in [2.75, 3.05) is 0 Å². The number of benzene rings is 2. The summed E-state index contributed by atoms with van der Waals surface area (Å²) in [5.74, 6) is 0. The maximum absolute atomic E-state index is 12.8. The Hall–Kier alpha value is -3.14. The van der Waals surface area contributed by atoms with Crippen molar-refractivity contribution in [1.29, 1.82) is 0 Å². The first-order valence-electron chi connectivity index (χ1n) is 7.87. The summed E-state index contributed by atoms with van der Waals surface area (Å²) >= 11 is 0. The van der Waals surface area contributed by atoms with Gasteiger partial charge in [-0.05, 0) is 38.1 Å². The molecular weight excluding hydrogens is 298 g/mol. The summed E-state index contributed by atoms with van der Waals surface area (Å²) in [4.78, 5) is 17.2. The fourth-order valence-corrected chi connectivity index (χ4v) is 2.91. The summed E-state index contributed by atoms with van der Waals surface area (Å²) in [6.45, 7) is 3.94. The third-order valence-electron chi connectivity index (χ3n) is 4.27. The average molecular weight is 315 g/mol. The lowest BCUT2D eigenvalue weighted by Crippen LogP contribution is -2.15. The normalized spacial score (nSPS) is 14.3. The lowest BCUT2D eigenvalue weighted by Gasteiger charge is -2.01. The predicted octanol–water partition coefficient (Wildman–Crippen LogP) is 4.04. The van der Waals surface area contributed by atoms with E-state index < -0.39 is 0 Å². The molecule has 1 aliphatic rings. The van der Waals surface area contributed by atoms with Gasteiger partial charge < -0.3 is 0 Å². The topological polar surface area (TPSA) is 50.1 Å². The van der Waals surface area contributed by atoms with E-state index >= 15 is 0 Å². The van der Waals surface area contributed by atoms with Crippen LogP contribution in [0.4, 0.5) is 5.69 Å². The van der Waals surface area contributed by atoms with Crippen LogP contribution in [0.1, 0.15) is 22.4 Å².